The molecule has 1 saturated heterocycles. The van der Waals surface area contributed by atoms with E-state index in [1.165, 1.54) is 23.2 Å². The van der Waals surface area contributed by atoms with Gasteiger partial charge < -0.3 is 15.3 Å². The molecule has 0 unspecified atom stereocenters. The molecule has 0 aliphatic carbocycles. The van der Waals surface area contributed by atoms with Crippen LogP contribution in [0.2, 0.25) is 0 Å². The highest BCUT2D eigenvalue weighted by atomic mass is 16.3. The number of β-amino-alcohol motifs (C(OH)–C–C–N with tert-alkyl or cyclic N) is 1. The molecule has 2 N–H and O–H groups in total. The summed E-state index contributed by atoms with van der Waals surface area (Å²) in [5.41, 5.74) is 1.56. The number of aliphatic hydroxyl groups is 1. The first kappa shape index (κ1) is 18.4. The van der Waals surface area contributed by atoms with Crippen molar-refractivity contribution in [2.24, 2.45) is 0 Å². The molecule has 2 aromatic carbocycles. The Morgan fingerprint density at radius 1 is 1.18 bits per heavy atom. The summed E-state index contributed by atoms with van der Waals surface area (Å²) in [7, 11) is 0. The van der Waals surface area contributed by atoms with Crippen molar-refractivity contribution in [2.75, 3.05) is 25.0 Å². The van der Waals surface area contributed by atoms with Crippen molar-refractivity contribution in [1.29, 1.82) is 0 Å². The van der Waals surface area contributed by atoms with Crippen LogP contribution in [0.5, 0.6) is 0 Å². The van der Waals surface area contributed by atoms with E-state index in [2.05, 4.69) is 45.6 Å². The van der Waals surface area contributed by atoms with Gasteiger partial charge in [0.25, 0.3) is 5.91 Å². The van der Waals surface area contributed by atoms with E-state index in [1.54, 1.807) is 4.90 Å². The number of anilines is 1. The van der Waals surface area contributed by atoms with Crippen molar-refractivity contribution in [3.63, 3.8) is 0 Å². The lowest BCUT2D eigenvalue weighted by Crippen LogP contribution is -2.45. The molecule has 1 aliphatic heterocycles. The Bertz CT molecular complexity index is 974. The lowest BCUT2D eigenvalue weighted by molar-refractivity contribution is 0.0381. The number of aromatic nitrogens is 2. The van der Waals surface area contributed by atoms with E-state index in [9.17, 15) is 9.90 Å². The molecule has 3 aromatic rings. The van der Waals surface area contributed by atoms with Gasteiger partial charge in [0.15, 0.2) is 0 Å². The number of nitrogens with zero attached hydrogens (tertiary/aromatic N) is 3. The molecule has 6 nitrogen and oxygen atoms in total. The van der Waals surface area contributed by atoms with Crippen LogP contribution in [0.1, 0.15) is 35.2 Å². The van der Waals surface area contributed by atoms with Crippen LogP contribution in [0.15, 0.2) is 54.9 Å². The van der Waals surface area contributed by atoms with E-state index >= 15 is 0 Å². The quantitative estimate of drug-likeness (QED) is 0.732. The fraction of sp³-hybridized carbons (Fsp3) is 0.318. The maximum atomic E-state index is 12.7. The van der Waals surface area contributed by atoms with Gasteiger partial charge in [0, 0.05) is 37.9 Å². The Kier molecular flexibility index (Phi) is 5.21. The van der Waals surface area contributed by atoms with E-state index in [-0.39, 0.29) is 11.8 Å². The fourth-order valence-electron chi connectivity index (χ4n) is 3.81. The lowest BCUT2D eigenvalue weighted by atomic mass is 9.86. The Labute approximate surface area is 164 Å². The highest BCUT2D eigenvalue weighted by Gasteiger charge is 2.31. The molecule has 1 fully saturated rings. The summed E-state index contributed by atoms with van der Waals surface area (Å²) in [6, 6.07) is 14.5. The molecule has 6 heteroatoms. The van der Waals surface area contributed by atoms with Gasteiger partial charge in [-0.25, -0.2) is 9.97 Å². The van der Waals surface area contributed by atoms with Crippen molar-refractivity contribution in [3.05, 3.63) is 66.0 Å². The molecule has 4 rings (SSSR count). The number of piperidine rings is 1. The Morgan fingerprint density at radius 3 is 2.64 bits per heavy atom. The Balaban J connectivity index is 1.46. The van der Waals surface area contributed by atoms with Crippen LogP contribution in [0, 0.1) is 0 Å². The van der Waals surface area contributed by atoms with Gasteiger partial charge in [0.2, 0.25) is 5.95 Å². The molecule has 2 atom stereocenters. The van der Waals surface area contributed by atoms with Crippen LogP contribution >= 0.6 is 0 Å². The standard InChI is InChI=1S/C22H24N4O2/c1-2-23-22-24-12-18(13-25-22)21(28)26-10-9-19(20(27)14-26)17-8-7-15-5-3-4-6-16(15)11-17/h3-8,11-13,19-20,27H,2,9-10,14H2,1H3,(H,23,24,25)/t19-,20+/m1/s1. The van der Waals surface area contributed by atoms with Crippen molar-refractivity contribution in [2.45, 2.75) is 25.4 Å². The van der Waals surface area contributed by atoms with Crippen LogP contribution in [0.4, 0.5) is 5.95 Å². The number of hydrogen-bond donors (Lipinski definition) is 2. The second-order valence-corrected chi connectivity index (χ2v) is 7.15. The third kappa shape index (κ3) is 3.68. The van der Waals surface area contributed by atoms with Crippen molar-refractivity contribution in [1.82, 2.24) is 14.9 Å². The predicted octanol–water partition coefficient (Wildman–Crippen LogP) is 3.05. The van der Waals surface area contributed by atoms with Crippen LogP contribution in [0.25, 0.3) is 10.8 Å². The zero-order valence-corrected chi connectivity index (χ0v) is 15.9. The molecule has 1 aliphatic rings. The van der Waals surface area contributed by atoms with Gasteiger partial charge in [-0.2, -0.15) is 0 Å². The van der Waals surface area contributed by atoms with Gasteiger partial charge in [-0.05, 0) is 29.7 Å². The van der Waals surface area contributed by atoms with Gasteiger partial charge in [-0.15, -0.1) is 0 Å². The first-order valence-electron chi connectivity index (χ1n) is 9.67. The monoisotopic (exact) mass is 376 g/mol. The average Bonchev–Trinajstić information content (AvgIpc) is 2.73. The normalized spacial score (nSPS) is 19.6. The third-order valence-electron chi connectivity index (χ3n) is 5.30. The van der Waals surface area contributed by atoms with E-state index < -0.39 is 6.10 Å². The van der Waals surface area contributed by atoms with E-state index in [0.29, 0.717) is 24.6 Å². The van der Waals surface area contributed by atoms with E-state index in [0.717, 1.165) is 18.5 Å². The molecule has 0 spiro atoms. The van der Waals surface area contributed by atoms with Gasteiger partial charge >= 0.3 is 0 Å². The number of fused-ring (bicyclic) bond motifs is 1. The summed E-state index contributed by atoms with van der Waals surface area (Å²) in [5.74, 6) is 0.397. The molecule has 0 bridgehead atoms. The first-order chi connectivity index (χ1) is 13.7. The zero-order valence-electron chi connectivity index (χ0n) is 15.9. The summed E-state index contributed by atoms with van der Waals surface area (Å²) in [6.07, 6.45) is 3.20. The largest absolute Gasteiger partial charge is 0.391 e. The maximum Gasteiger partial charge on any atom is 0.257 e. The number of carbonyl (C=O) groups excluding carboxylic acids is 1. The smallest absolute Gasteiger partial charge is 0.257 e. The molecule has 0 radical (unpaired) electrons. The van der Waals surface area contributed by atoms with Gasteiger partial charge in [0.1, 0.15) is 0 Å². The predicted molar refractivity (Wildman–Crippen MR) is 109 cm³/mol. The summed E-state index contributed by atoms with van der Waals surface area (Å²) in [6.45, 7) is 3.60. The number of likely N-dealkylation sites (tertiary alicyclic amines) is 1. The second kappa shape index (κ2) is 7.94. The number of rotatable bonds is 4. The van der Waals surface area contributed by atoms with Gasteiger partial charge in [-0.1, -0.05) is 42.5 Å². The van der Waals surface area contributed by atoms with Crippen LogP contribution in [-0.4, -0.2) is 51.6 Å². The van der Waals surface area contributed by atoms with Crippen molar-refractivity contribution < 1.29 is 9.90 Å². The molecule has 1 aromatic heterocycles. The molecular weight excluding hydrogens is 352 g/mol. The van der Waals surface area contributed by atoms with Gasteiger partial charge in [-0.3, -0.25) is 4.79 Å². The van der Waals surface area contributed by atoms with Crippen LogP contribution in [-0.2, 0) is 0 Å². The summed E-state index contributed by atoms with van der Waals surface area (Å²) < 4.78 is 0. The molecule has 1 amide bonds. The zero-order chi connectivity index (χ0) is 19.5. The van der Waals surface area contributed by atoms with Crippen molar-refractivity contribution >= 4 is 22.6 Å². The summed E-state index contributed by atoms with van der Waals surface area (Å²) in [4.78, 5) is 22.8. The van der Waals surface area contributed by atoms with Crippen molar-refractivity contribution in [3.8, 4) is 0 Å². The molecule has 144 valence electrons. The maximum absolute atomic E-state index is 12.7. The Morgan fingerprint density at radius 2 is 1.93 bits per heavy atom. The topological polar surface area (TPSA) is 78.4 Å². The minimum atomic E-state index is -0.596. The summed E-state index contributed by atoms with van der Waals surface area (Å²) in [5, 5.41) is 16.1. The van der Waals surface area contributed by atoms with E-state index in [1.807, 2.05) is 19.1 Å². The number of nitrogens with one attached hydrogen (secondary N) is 1. The number of benzene rings is 2. The number of hydrogen-bond acceptors (Lipinski definition) is 5. The second-order valence-electron chi connectivity index (χ2n) is 7.15. The minimum Gasteiger partial charge on any atom is -0.391 e. The summed E-state index contributed by atoms with van der Waals surface area (Å²) >= 11 is 0. The highest BCUT2D eigenvalue weighted by Crippen LogP contribution is 2.31. The molecule has 0 saturated carbocycles. The molecule has 28 heavy (non-hydrogen) atoms. The van der Waals surface area contributed by atoms with E-state index in [4.69, 9.17) is 0 Å². The molecular formula is C22H24N4O2. The minimum absolute atomic E-state index is 0.0287. The van der Waals surface area contributed by atoms with Crippen LogP contribution < -0.4 is 5.32 Å². The highest BCUT2D eigenvalue weighted by molar-refractivity contribution is 5.93. The number of carbonyl (C=O) groups is 1. The first-order valence-corrected chi connectivity index (χ1v) is 9.67. The van der Waals surface area contributed by atoms with Gasteiger partial charge in [0.05, 0.1) is 11.7 Å². The average molecular weight is 376 g/mol. The SMILES string of the molecule is CCNc1ncc(C(=O)N2CC[C@H](c3ccc4ccccc4c3)[C@@H](O)C2)cn1. The fourth-order valence-corrected chi connectivity index (χ4v) is 3.81. The third-order valence-corrected chi connectivity index (χ3v) is 5.30. The number of aliphatic hydroxyl groups excluding tert-OH is 1. The molecule has 2 heterocycles. The Hall–Kier alpha value is -2.99. The van der Waals surface area contributed by atoms with Crippen LogP contribution in [0.3, 0.4) is 0 Å². The lowest BCUT2D eigenvalue weighted by Gasteiger charge is -2.36. The number of amides is 1.